The third-order valence-electron chi connectivity index (χ3n) is 4.64. The summed E-state index contributed by atoms with van der Waals surface area (Å²) in [7, 11) is 0. The second-order valence-electron chi connectivity index (χ2n) is 6.41. The van der Waals surface area contributed by atoms with Crippen LogP contribution in [-0.2, 0) is 0 Å². The maximum Gasteiger partial charge on any atom is 0.128 e. The van der Waals surface area contributed by atoms with E-state index in [1.807, 2.05) is 12.1 Å². The zero-order valence-corrected chi connectivity index (χ0v) is 12.3. The lowest BCUT2D eigenvalue weighted by Gasteiger charge is -2.36. The van der Waals surface area contributed by atoms with Gasteiger partial charge in [0.25, 0.3) is 0 Å². The van der Waals surface area contributed by atoms with E-state index in [2.05, 4.69) is 11.8 Å². The van der Waals surface area contributed by atoms with Gasteiger partial charge in [-0.2, -0.15) is 0 Å². The standard InChI is InChI=1S/C17H25FN2/c1-2-16(19)17(14-5-3-4-6-15(14)18)20(13-9-10-13)11-12-7-8-12/h3-6,12-13,16-17H,2,7-11,19H2,1H3. The van der Waals surface area contributed by atoms with Crippen molar-refractivity contribution in [2.75, 3.05) is 6.54 Å². The third kappa shape index (κ3) is 3.04. The predicted molar refractivity (Wildman–Crippen MR) is 79.9 cm³/mol. The normalized spacial score (nSPS) is 22.0. The monoisotopic (exact) mass is 276 g/mol. The number of benzene rings is 1. The van der Waals surface area contributed by atoms with Crippen LogP contribution in [0, 0.1) is 11.7 Å². The molecule has 0 aliphatic heterocycles. The van der Waals surface area contributed by atoms with Crippen molar-refractivity contribution in [3.05, 3.63) is 35.6 Å². The van der Waals surface area contributed by atoms with Gasteiger partial charge in [-0.1, -0.05) is 25.1 Å². The average Bonchev–Trinajstić information content (AvgIpc) is 3.32. The number of nitrogens with two attached hydrogens (primary N) is 1. The first-order valence-electron chi connectivity index (χ1n) is 7.96. The quantitative estimate of drug-likeness (QED) is 0.826. The van der Waals surface area contributed by atoms with Gasteiger partial charge >= 0.3 is 0 Å². The highest BCUT2D eigenvalue weighted by molar-refractivity contribution is 5.23. The van der Waals surface area contributed by atoms with Crippen LogP contribution in [-0.4, -0.2) is 23.5 Å². The van der Waals surface area contributed by atoms with Crippen LogP contribution in [0.1, 0.15) is 50.6 Å². The molecule has 1 aromatic carbocycles. The average molecular weight is 276 g/mol. The van der Waals surface area contributed by atoms with Crippen molar-refractivity contribution >= 4 is 0 Å². The Morgan fingerprint density at radius 2 is 1.95 bits per heavy atom. The predicted octanol–water partition coefficient (Wildman–Crippen LogP) is 3.48. The minimum Gasteiger partial charge on any atom is -0.326 e. The maximum atomic E-state index is 14.3. The first-order chi connectivity index (χ1) is 9.70. The highest BCUT2D eigenvalue weighted by Crippen LogP contribution is 2.41. The zero-order chi connectivity index (χ0) is 14.1. The molecular formula is C17H25FN2. The third-order valence-corrected chi connectivity index (χ3v) is 4.64. The Kier molecular flexibility index (Phi) is 4.08. The van der Waals surface area contributed by atoms with Gasteiger partial charge in [0.2, 0.25) is 0 Å². The summed E-state index contributed by atoms with van der Waals surface area (Å²) in [5.74, 6) is 0.705. The van der Waals surface area contributed by atoms with Gasteiger partial charge < -0.3 is 5.73 Å². The first kappa shape index (κ1) is 14.0. The Morgan fingerprint density at radius 1 is 1.25 bits per heavy atom. The highest BCUT2D eigenvalue weighted by Gasteiger charge is 2.40. The molecule has 0 spiro atoms. The van der Waals surface area contributed by atoms with E-state index in [9.17, 15) is 4.39 Å². The van der Waals surface area contributed by atoms with Gasteiger partial charge in [0.15, 0.2) is 0 Å². The van der Waals surface area contributed by atoms with Gasteiger partial charge in [0.1, 0.15) is 5.82 Å². The molecule has 20 heavy (non-hydrogen) atoms. The molecule has 3 heteroatoms. The molecule has 2 saturated carbocycles. The van der Waals surface area contributed by atoms with Gasteiger partial charge in [-0.15, -0.1) is 0 Å². The molecule has 0 bridgehead atoms. The highest BCUT2D eigenvalue weighted by atomic mass is 19.1. The molecule has 2 fully saturated rings. The van der Waals surface area contributed by atoms with Crippen LogP contribution in [0.4, 0.5) is 4.39 Å². The number of nitrogens with zero attached hydrogens (tertiary/aromatic N) is 1. The van der Waals surface area contributed by atoms with Crippen LogP contribution in [0.5, 0.6) is 0 Å². The molecule has 0 heterocycles. The van der Waals surface area contributed by atoms with E-state index in [4.69, 9.17) is 5.73 Å². The largest absolute Gasteiger partial charge is 0.326 e. The minimum atomic E-state index is -0.108. The maximum absolute atomic E-state index is 14.3. The summed E-state index contributed by atoms with van der Waals surface area (Å²) in [4.78, 5) is 2.50. The van der Waals surface area contributed by atoms with Crippen molar-refractivity contribution in [2.45, 2.75) is 57.2 Å². The Balaban J connectivity index is 1.89. The fourth-order valence-corrected chi connectivity index (χ4v) is 3.09. The van der Waals surface area contributed by atoms with Crippen LogP contribution >= 0.6 is 0 Å². The molecule has 3 rings (SSSR count). The molecule has 2 aliphatic carbocycles. The minimum absolute atomic E-state index is 0.00579. The van der Waals surface area contributed by atoms with Gasteiger partial charge in [-0.05, 0) is 44.1 Å². The van der Waals surface area contributed by atoms with E-state index in [1.165, 1.54) is 25.7 Å². The van der Waals surface area contributed by atoms with Gasteiger partial charge in [0.05, 0.1) is 6.04 Å². The van der Waals surface area contributed by atoms with Crippen molar-refractivity contribution in [3.63, 3.8) is 0 Å². The van der Waals surface area contributed by atoms with Crippen LogP contribution in [0.15, 0.2) is 24.3 Å². The van der Waals surface area contributed by atoms with Gasteiger partial charge in [-0.3, -0.25) is 4.90 Å². The summed E-state index contributed by atoms with van der Waals surface area (Å²) >= 11 is 0. The van der Waals surface area contributed by atoms with Crippen molar-refractivity contribution < 1.29 is 4.39 Å². The molecule has 1 aromatic rings. The fourth-order valence-electron chi connectivity index (χ4n) is 3.09. The smallest absolute Gasteiger partial charge is 0.128 e. The van der Waals surface area contributed by atoms with E-state index >= 15 is 0 Å². The lowest BCUT2D eigenvalue weighted by molar-refractivity contribution is 0.149. The van der Waals surface area contributed by atoms with Crippen molar-refractivity contribution in [2.24, 2.45) is 11.7 Å². The second-order valence-corrected chi connectivity index (χ2v) is 6.41. The number of rotatable bonds is 7. The molecule has 0 aromatic heterocycles. The molecule has 2 nitrogen and oxygen atoms in total. The lowest BCUT2D eigenvalue weighted by Crippen LogP contribution is -2.43. The number of halogens is 1. The molecule has 0 radical (unpaired) electrons. The molecule has 110 valence electrons. The number of hydrogen-bond donors (Lipinski definition) is 1. The van der Waals surface area contributed by atoms with Gasteiger partial charge in [0, 0.05) is 24.2 Å². The molecular weight excluding hydrogens is 251 g/mol. The molecule has 2 unspecified atom stereocenters. The molecule has 2 atom stereocenters. The molecule has 2 aliphatic rings. The van der Waals surface area contributed by atoms with E-state index in [0.29, 0.717) is 6.04 Å². The van der Waals surface area contributed by atoms with Crippen molar-refractivity contribution in [1.29, 1.82) is 0 Å². The first-order valence-corrected chi connectivity index (χ1v) is 7.96. The SMILES string of the molecule is CCC(N)C(c1ccccc1F)N(CC1CC1)C1CC1. The Hall–Kier alpha value is -0.930. The summed E-state index contributed by atoms with van der Waals surface area (Å²) in [6.07, 6.45) is 6.03. The second kappa shape index (κ2) is 5.82. The summed E-state index contributed by atoms with van der Waals surface area (Å²) < 4.78 is 14.3. The molecule has 2 N–H and O–H groups in total. The summed E-state index contributed by atoms with van der Waals surface area (Å²) in [6.45, 7) is 3.19. The zero-order valence-electron chi connectivity index (χ0n) is 12.3. The van der Waals surface area contributed by atoms with E-state index in [1.54, 1.807) is 12.1 Å². The van der Waals surface area contributed by atoms with E-state index in [0.717, 1.165) is 24.4 Å². The Bertz CT molecular complexity index is 454. The van der Waals surface area contributed by atoms with Crippen molar-refractivity contribution in [3.8, 4) is 0 Å². The Labute approximate surface area is 121 Å². The van der Waals surface area contributed by atoms with Crippen LogP contribution in [0.25, 0.3) is 0 Å². The summed E-state index contributed by atoms with van der Waals surface area (Å²) in [5, 5.41) is 0. The lowest BCUT2D eigenvalue weighted by atomic mass is 9.95. The topological polar surface area (TPSA) is 29.3 Å². The van der Waals surface area contributed by atoms with E-state index < -0.39 is 0 Å². The van der Waals surface area contributed by atoms with E-state index in [-0.39, 0.29) is 17.9 Å². The van der Waals surface area contributed by atoms with Crippen LogP contribution < -0.4 is 5.73 Å². The fraction of sp³-hybridized carbons (Fsp3) is 0.647. The van der Waals surface area contributed by atoms with Crippen LogP contribution in [0.2, 0.25) is 0 Å². The van der Waals surface area contributed by atoms with Crippen LogP contribution in [0.3, 0.4) is 0 Å². The number of hydrogen-bond acceptors (Lipinski definition) is 2. The molecule has 0 amide bonds. The van der Waals surface area contributed by atoms with Gasteiger partial charge in [-0.25, -0.2) is 4.39 Å². The van der Waals surface area contributed by atoms with Crippen molar-refractivity contribution in [1.82, 2.24) is 4.90 Å². The summed E-state index contributed by atoms with van der Waals surface area (Å²) in [6, 6.07) is 7.83. The molecule has 0 saturated heterocycles. The Morgan fingerprint density at radius 3 is 2.50 bits per heavy atom. The summed E-state index contributed by atoms with van der Waals surface area (Å²) in [5.41, 5.74) is 7.16.